The summed E-state index contributed by atoms with van der Waals surface area (Å²) in [5, 5.41) is 0. The topological polar surface area (TPSA) is 38.9 Å². The Labute approximate surface area is 110 Å². The van der Waals surface area contributed by atoms with E-state index in [9.17, 15) is 0 Å². The van der Waals surface area contributed by atoms with Crippen LogP contribution in [0.2, 0.25) is 0 Å². The predicted molar refractivity (Wildman–Crippen MR) is 74.2 cm³/mol. The van der Waals surface area contributed by atoms with Gasteiger partial charge in [-0.1, -0.05) is 12.5 Å². The fraction of sp³-hybridized carbons (Fsp3) is 0.688. The van der Waals surface area contributed by atoms with E-state index in [4.69, 9.17) is 5.73 Å². The van der Waals surface area contributed by atoms with Gasteiger partial charge in [-0.3, -0.25) is 4.98 Å². The quantitative estimate of drug-likeness (QED) is 0.884. The molecule has 2 aliphatic rings. The van der Waals surface area contributed by atoms with E-state index in [1.807, 2.05) is 6.20 Å². The summed E-state index contributed by atoms with van der Waals surface area (Å²) >= 11 is 0. The van der Waals surface area contributed by atoms with Crippen molar-refractivity contribution in [1.29, 1.82) is 0 Å². The zero-order chi connectivity index (χ0) is 12.5. The number of hydrogen-bond acceptors (Lipinski definition) is 2. The highest BCUT2D eigenvalue weighted by molar-refractivity contribution is 5.13. The molecular weight excluding hydrogens is 220 g/mol. The fourth-order valence-electron chi connectivity index (χ4n) is 4.03. The fourth-order valence-corrected chi connectivity index (χ4v) is 4.03. The average molecular weight is 244 g/mol. The molecule has 0 saturated heterocycles. The number of nitrogens with zero attached hydrogens (tertiary/aromatic N) is 1. The Kier molecular flexibility index (Phi) is 3.38. The van der Waals surface area contributed by atoms with Gasteiger partial charge in [0.15, 0.2) is 0 Å². The molecule has 1 aromatic heterocycles. The molecule has 0 amide bonds. The monoisotopic (exact) mass is 244 g/mol. The van der Waals surface area contributed by atoms with Gasteiger partial charge in [-0.2, -0.15) is 0 Å². The molecule has 2 aliphatic carbocycles. The number of nitrogens with two attached hydrogens (primary N) is 1. The Hall–Kier alpha value is -0.890. The number of hydrogen-bond donors (Lipinski definition) is 1. The Morgan fingerprint density at radius 1 is 1.33 bits per heavy atom. The molecule has 18 heavy (non-hydrogen) atoms. The molecule has 2 N–H and O–H groups in total. The summed E-state index contributed by atoms with van der Waals surface area (Å²) in [6, 6.07) is 4.55. The van der Waals surface area contributed by atoms with Crippen molar-refractivity contribution < 1.29 is 0 Å². The molecule has 0 aliphatic heterocycles. The first kappa shape index (κ1) is 12.2. The minimum Gasteiger partial charge on any atom is -0.327 e. The molecule has 2 fully saturated rings. The zero-order valence-electron chi connectivity index (χ0n) is 11.3. The molecule has 2 nitrogen and oxygen atoms in total. The third-order valence-corrected chi connectivity index (χ3v) is 4.93. The maximum atomic E-state index is 6.32. The number of fused-ring (bicyclic) bond motifs is 2. The molecule has 0 spiro atoms. The van der Waals surface area contributed by atoms with Crippen LogP contribution in [0, 0.1) is 24.7 Å². The first-order chi connectivity index (χ1) is 8.70. The lowest BCUT2D eigenvalue weighted by Crippen LogP contribution is -2.28. The van der Waals surface area contributed by atoms with Crippen LogP contribution in [-0.2, 0) is 6.42 Å². The van der Waals surface area contributed by atoms with E-state index in [1.165, 1.54) is 37.7 Å². The first-order valence-electron chi connectivity index (χ1n) is 7.38. The van der Waals surface area contributed by atoms with Gasteiger partial charge in [0.1, 0.15) is 0 Å². The van der Waals surface area contributed by atoms with Crippen LogP contribution in [0.1, 0.15) is 43.4 Å². The molecule has 1 heterocycles. The summed E-state index contributed by atoms with van der Waals surface area (Å²) in [4.78, 5) is 4.46. The summed E-state index contributed by atoms with van der Waals surface area (Å²) in [5.41, 5.74) is 8.69. The first-order valence-corrected chi connectivity index (χ1v) is 7.38. The number of aryl methyl sites for hydroxylation is 1. The smallest absolute Gasteiger partial charge is 0.0419 e. The highest BCUT2D eigenvalue weighted by Crippen LogP contribution is 2.49. The molecule has 0 radical (unpaired) electrons. The van der Waals surface area contributed by atoms with Gasteiger partial charge in [0.25, 0.3) is 0 Å². The van der Waals surface area contributed by atoms with Gasteiger partial charge in [0, 0.05) is 24.4 Å². The van der Waals surface area contributed by atoms with E-state index < -0.39 is 0 Å². The van der Waals surface area contributed by atoms with Crippen LogP contribution in [0.25, 0.3) is 0 Å². The van der Waals surface area contributed by atoms with E-state index in [-0.39, 0.29) is 0 Å². The van der Waals surface area contributed by atoms with Crippen molar-refractivity contribution in [3.8, 4) is 0 Å². The zero-order valence-corrected chi connectivity index (χ0v) is 11.3. The van der Waals surface area contributed by atoms with Gasteiger partial charge in [-0.05, 0) is 62.0 Å². The molecule has 4 atom stereocenters. The summed E-state index contributed by atoms with van der Waals surface area (Å²) in [6.07, 6.45) is 9.96. The highest BCUT2D eigenvalue weighted by atomic mass is 14.7. The maximum absolute atomic E-state index is 6.32. The summed E-state index contributed by atoms with van der Waals surface area (Å²) in [5.74, 6) is 2.93. The number of pyridine rings is 1. The highest BCUT2D eigenvalue weighted by Gasteiger charge is 2.39. The minimum absolute atomic E-state index is 0.296. The third kappa shape index (κ3) is 2.59. The van der Waals surface area contributed by atoms with Gasteiger partial charge in [-0.25, -0.2) is 0 Å². The van der Waals surface area contributed by atoms with Crippen LogP contribution in [0.4, 0.5) is 0 Å². The van der Waals surface area contributed by atoms with Crippen molar-refractivity contribution in [2.45, 2.75) is 51.5 Å². The summed E-state index contributed by atoms with van der Waals surface area (Å²) in [7, 11) is 0. The lowest BCUT2D eigenvalue weighted by Gasteiger charge is -2.24. The standard InChI is InChI=1S/C16H24N2/c1-11-2-5-16(18-10-11)9-15(17)8-14-7-12-3-4-13(14)6-12/h2,5,10,12-15H,3-4,6-9,17H2,1H3. The molecule has 2 heteroatoms. The normalized spacial score (nSPS) is 31.8. The molecule has 2 saturated carbocycles. The Morgan fingerprint density at radius 2 is 2.22 bits per heavy atom. The molecular formula is C16H24N2. The molecule has 98 valence electrons. The molecule has 0 aromatic carbocycles. The number of rotatable bonds is 4. The minimum atomic E-state index is 0.296. The van der Waals surface area contributed by atoms with Crippen LogP contribution in [0.5, 0.6) is 0 Å². The van der Waals surface area contributed by atoms with Crippen molar-refractivity contribution in [3.05, 3.63) is 29.6 Å². The maximum Gasteiger partial charge on any atom is 0.0419 e. The van der Waals surface area contributed by atoms with Crippen molar-refractivity contribution in [1.82, 2.24) is 4.98 Å². The van der Waals surface area contributed by atoms with Crippen molar-refractivity contribution >= 4 is 0 Å². The van der Waals surface area contributed by atoms with Gasteiger partial charge in [0.2, 0.25) is 0 Å². The Morgan fingerprint density at radius 3 is 2.83 bits per heavy atom. The van der Waals surface area contributed by atoms with Crippen molar-refractivity contribution in [2.24, 2.45) is 23.5 Å². The van der Waals surface area contributed by atoms with Crippen LogP contribution in [0.15, 0.2) is 18.3 Å². The van der Waals surface area contributed by atoms with Crippen molar-refractivity contribution in [2.75, 3.05) is 0 Å². The number of aromatic nitrogens is 1. The van der Waals surface area contributed by atoms with E-state index in [2.05, 4.69) is 24.0 Å². The van der Waals surface area contributed by atoms with E-state index in [0.717, 1.165) is 29.9 Å². The lowest BCUT2D eigenvalue weighted by molar-refractivity contribution is 0.293. The van der Waals surface area contributed by atoms with E-state index in [0.29, 0.717) is 6.04 Å². The van der Waals surface area contributed by atoms with Gasteiger partial charge in [0.05, 0.1) is 0 Å². The van der Waals surface area contributed by atoms with E-state index in [1.54, 1.807) is 0 Å². The molecule has 1 aromatic rings. The molecule has 4 unspecified atom stereocenters. The van der Waals surface area contributed by atoms with Gasteiger partial charge in [-0.15, -0.1) is 0 Å². The summed E-state index contributed by atoms with van der Waals surface area (Å²) in [6.45, 7) is 2.08. The van der Waals surface area contributed by atoms with Gasteiger partial charge < -0.3 is 5.73 Å². The van der Waals surface area contributed by atoms with Crippen LogP contribution in [-0.4, -0.2) is 11.0 Å². The lowest BCUT2D eigenvalue weighted by atomic mass is 9.83. The second kappa shape index (κ2) is 5.00. The molecule has 2 bridgehead atoms. The van der Waals surface area contributed by atoms with Crippen molar-refractivity contribution in [3.63, 3.8) is 0 Å². The predicted octanol–water partition coefficient (Wildman–Crippen LogP) is 3.09. The Balaban J connectivity index is 1.52. The Bertz CT molecular complexity index is 398. The van der Waals surface area contributed by atoms with Gasteiger partial charge >= 0.3 is 0 Å². The SMILES string of the molecule is Cc1ccc(CC(N)CC2CC3CCC2C3)nc1. The molecule has 3 rings (SSSR count). The summed E-state index contributed by atoms with van der Waals surface area (Å²) < 4.78 is 0. The average Bonchev–Trinajstić information content (AvgIpc) is 2.94. The van der Waals surface area contributed by atoms with Crippen LogP contribution >= 0.6 is 0 Å². The second-order valence-electron chi connectivity index (χ2n) is 6.46. The van der Waals surface area contributed by atoms with E-state index >= 15 is 0 Å². The second-order valence-corrected chi connectivity index (χ2v) is 6.46. The largest absolute Gasteiger partial charge is 0.327 e. The van der Waals surface area contributed by atoms with Crippen LogP contribution < -0.4 is 5.73 Å². The van der Waals surface area contributed by atoms with Crippen LogP contribution in [0.3, 0.4) is 0 Å². The third-order valence-electron chi connectivity index (χ3n) is 4.93.